The summed E-state index contributed by atoms with van der Waals surface area (Å²) in [6, 6.07) is 0.0112. The summed E-state index contributed by atoms with van der Waals surface area (Å²) in [5.41, 5.74) is 6.72. The molecule has 1 amide bonds. The zero-order valence-corrected chi connectivity index (χ0v) is 10.5. The zero-order valence-electron chi connectivity index (χ0n) is 9.67. The lowest BCUT2D eigenvalue weighted by atomic mass is 10.2. The highest BCUT2D eigenvalue weighted by Gasteiger charge is 2.18. The van der Waals surface area contributed by atoms with Crippen LogP contribution in [0, 0.1) is 6.92 Å². The molecule has 1 aromatic heterocycles. The molecule has 1 aromatic rings. The van der Waals surface area contributed by atoms with Crippen molar-refractivity contribution >= 4 is 18.3 Å². The lowest BCUT2D eigenvalue weighted by molar-refractivity contribution is 0.0746. The van der Waals surface area contributed by atoms with E-state index in [1.54, 1.807) is 18.9 Å². The molecule has 0 aliphatic carbocycles. The number of likely N-dealkylation sites (N-methyl/N-ethyl adjacent to an activating group) is 1. The second kappa shape index (κ2) is 6.40. The number of nitrogens with zero attached hydrogens (tertiary/aromatic N) is 3. The topological polar surface area (TPSA) is 72.1 Å². The van der Waals surface area contributed by atoms with E-state index in [0.717, 1.165) is 0 Å². The predicted octanol–water partition coefficient (Wildman–Crippen LogP) is 0.626. The summed E-state index contributed by atoms with van der Waals surface area (Å²) in [6.45, 7) is 4.13. The molecule has 1 unspecified atom stereocenters. The first-order valence-corrected chi connectivity index (χ1v) is 4.81. The maximum atomic E-state index is 12.0. The number of aromatic nitrogens is 2. The van der Waals surface area contributed by atoms with Gasteiger partial charge in [-0.2, -0.15) is 0 Å². The molecule has 0 bridgehead atoms. The largest absolute Gasteiger partial charge is 0.338 e. The molecule has 16 heavy (non-hydrogen) atoms. The van der Waals surface area contributed by atoms with Gasteiger partial charge in [0.05, 0.1) is 11.3 Å². The van der Waals surface area contributed by atoms with Crippen LogP contribution >= 0.6 is 12.4 Å². The van der Waals surface area contributed by atoms with Crippen LogP contribution in [0.4, 0.5) is 0 Å². The van der Waals surface area contributed by atoms with E-state index in [-0.39, 0.29) is 24.4 Å². The van der Waals surface area contributed by atoms with E-state index in [0.29, 0.717) is 17.8 Å². The first-order valence-electron chi connectivity index (χ1n) is 4.81. The third-order valence-electron chi connectivity index (χ3n) is 2.46. The third kappa shape index (κ3) is 3.15. The second-order valence-corrected chi connectivity index (χ2v) is 3.52. The van der Waals surface area contributed by atoms with E-state index in [9.17, 15) is 4.79 Å². The first kappa shape index (κ1) is 14.8. The molecular formula is C10H17ClN4O. The molecule has 0 saturated carbocycles. The maximum absolute atomic E-state index is 12.0. The second-order valence-electron chi connectivity index (χ2n) is 3.52. The number of carbonyl (C=O) groups excluding carboxylic acids is 1. The van der Waals surface area contributed by atoms with Crippen molar-refractivity contribution in [2.75, 3.05) is 13.6 Å². The van der Waals surface area contributed by atoms with Crippen molar-refractivity contribution in [3.63, 3.8) is 0 Å². The monoisotopic (exact) mass is 244 g/mol. The Kier molecular flexibility index (Phi) is 5.92. The van der Waals surface area contributed by atoms with E-state index in [2.05, 4.69) is 9.97 Å². The van der Waals surface area contributed by atoms with Crippen LogP contribution in [-0.4, -0.2) is 40.4 Å². The van der Waals surface area contributed by atoms with Gasteiger partial charge in [-0.1, -0.05) is 0 Å². The maximum Gasteiger partial charge on any atom is 0.257 e. The molecule has 0 spiro atoms. The lowest BCUT2D eigenvalue weighted by Gasteiger charge is -2.23. The average Bonchev–Trinajstić information content (AvgIpc) is 2.26. The number of amides is 1. The molecule has 0 aliphatic rings. The number of rotatable bonds is 3. The fourth-order valence-electron chi connectivity index (χ4n) is 1.15. The van der Waals surface area contributed by atoms with Gasteiger partial charge in [0.2, 0.25) is 0 Å². The standard InChI is InChI=1S/C10H16N4O.ClH/c1-7(4-11)14(3)10(15)9-5-12-6-13-8(9)2;/h5-7H,4,11H2,1-3H3;1H. The minimum Gasteiger partial charge on any atom is -0.338 e. The van der Waals surface area contributed by atoms with Gasteiger partial charge in [0.25, 0.3) is 5.91 Å². The SMILES string of the molecule is Cc1ncncc1C(=O)N(C)C(C)CN.Cl. The number of halogens is 1. The predicted molar refractivity (Wildman–Crippen MR) is 64.6 cm³/mol. The molecule has 90 valence electrons. The molecular weight excluding hydrogens is 228 g/mol. The van der Waals surface area contributed by atoms with Crippen LogP contribution in [0.3, 0.4) is 0 Å². The van der Waals surface area contributed by atoms with E-state index >= 15 is 0 Å². The number of hydrogen-bond donors (Lipinski definition) is 1. The highest BCUT2D eigenvalue weighted by molar-refractivity contribution is 5.94. The van der Waals surface area contributed by atoms with Crippen molar-refractivity contribution in [2.24, 2.45) is 5.73 Å². The van der Waals surface area contributed by atoms with Crippen LogP contribution in [0.5, 0.6) is 0 Å². The Morgan fingerprint density at radius 1 is 1.62 bits per heavy atom. The van der Waals surface area contributed by atoms with Crippen LogP contribution < -0.4 is 5.73 Å². The third-order valence-corrected chi connectivity index (χ3v) is 2.46. The van der Waals surface area contributed by atoms with Crippen LogP contribution in [0.25, 0.3) is 0 Å². The number of aryl methyl sites for hydroxylation is 1. The molecule has 0 aromatic carbocycles. The van der Waals surface area contributed by atoms with Crippen molar-refractivity contribution < 1.29 is 4.79 Å². The van der Waals surface area contributed by atoms with Gasteiger partial charge in [-0.15, -0.1) is 12.4 Å². The van der Waals surface area contributed by atoms with Crippen LogP contribution in [0.15, 0.2) is 12.5 Å². The van der Waals surface area contributed by atoms with Crippen LogP contribution in [-0.2, 0) is 0 Å². The molecule has 1 rings (SSSR count). The summed E-state index contributed by atoms with van der Waals surface area (Å²) in [7, 11) is 1.73. The van der Waals surface area contributed by atoms with Crippen molar-refractivity contribution in [1.82, 2.24) is 14.9 Å². The fourth-order valence-corrected chi connectivity index (χ4v) is 1.15. The summed E-state index contributed by atoms with van der Waals surface area (Å²) < 4.78 is 0. The van der Waals surface area contributed by atoms with E-state index in [4.69, 9.17) is 5.73 Å². The van der Waals surface area contributed by atoms with Crippen molar-refractivity contribution in [1.29, 1.82) is 0 Å². The van der Waals surface area contributed by atoms with Gasteiger partial charge >= 0.3 is 0 Å². The highest BCUT2D eigenvalue weighted by Crippen LogP contribution is 2.07. The molecule has 1 heterocycles. The molecule has 0 fully saturated rings. The Morgan fingerprint density at radius 2 is 2.25 bits per heavy atom. The first-order chi connectivity index (χ1) is 7.07. The summed E-state index contributed by atoms with van der Waals surface area (Å²) in [5, 5.41) is 0. The number of carbonyl (C=O) groups is 1. The van der Waals surface area contributed by atoms with E-state index in [1.807, 2.05) is 6.92 Å². The van der Waals surface area contributed by atoms with Crippen molar-refractivity contribution in [2.45, 2.75) is 19.9 Å². The minimum atomic E-state index is -0.0916. The summed E-state index contributed by atoms with van der Waals surface area (Å²) in [6.07, 6.45) is 2.96. The van der Waals surface area contributed by atoms with Gasteiger partial charge in [-0.25, -0.2) is 9.97 Å². The molecule has 0 aliphatic heterocycles. The summed E-state index contributed by atoms with van der Waals surface area (Å²) >= 11 is 0. The van der Waals surface area contributed by atoms with Crippen molar-refractivity contribution in [3.05, 3.63) is 23.8 Å². The molecule has 5 nitrogen and oxygen atoms in total. The molecule has 6 heteroatoms. The van der Waals surface area contributed by atoms with Crippen LogP contribution in [0.1, 0.15) is 23.0 Å². The Hall–Kier alpha value is -1.20. The molecule has 2 N–H and O–H groups in total. The zero-order chi connectivity index (χ0) is 11.4. The fraction of sp³-hybridized carbons (Fsp3) is 0.500. The van der Waals surface area contributed by atoms with Crippen molar-refractivity contribution in [3.8, 4) is 0 Å². The smallest absolute Gasteiger partial charge is 0.257 e. The van der Waals surface area contributed by atoms with E-state index < -0.39 is 0 Å². The number of hydrogen-bond acceptors (Lipinski definition) is 4. The summed E-state index contributed by atoms with van der Waals surface area (Å²) in [5.74, 6) is -0.0916. The Balaban J connectivity index is 0.00000225. The Morgan fingerprint density at radius 3 is 2.75 bits per heavy atom. The molecule has 1 atom stereocenters. The Bertz CT molecular complexity index is 358. The quantitative estimate of drug-likeness (QED) is 0.847. The van der Waals surface area contributed by atoms with Gasteiger partial charge in [0.1, 0.15) is 6.33 Å². The van der Waals surface area contributed by atoms with Gasteiger partial charge < -0.3 is 10.6 Å². The van der Waals surface area contributed by atoms with E-state index in [1.165, 1.54) is 12.5 Å². The van der Waals surface area contributed by atoms with Crippen LogP contribution in [0.2, 0.25) is 0 Å². The lowest BCUT2D eigenvalue weighted by Crippen LogP contribution is -2.40. The molecule has 0 radical (unpaired) electrons. The summed E-state index contributed by atoms with van der Waals surface area (Å²) in [4.78, 5) is 21.4. The average molecular weight is 245 g/mol. The van der Waals surface area contributed by atoms with Gasteiger partial charge in [0, 0.05) is 25.8 Å². The Labute approximate surface area is 101 Å². The number of nitrogens with two attached hydrogens (primary N) is 1. The van der Waals surface area contributed by atoms with Gasteiger partial charge in [-0.05, 0) is 13.8 Å². The normalized spacial score (nSPS) is 11.5. The van der Waals surface area contributed by atoms with Gasteiger partial charge in [-0.3, -0.25) is 4.79 Å². The van der Waals surface area contributed by atoms with Gasteiger partial charge in [0.15, 0.2) is 0 Å². The highest BCUT2D eigenvalue weighted by atomic mass is 35.5. The molecule has 0 saturated heterocycles. The minimum absolute atomic E-state index is 0.